The van der Waals surface area contributed by atoms with Crippen LogP contribution < -0.4 is 15.1 Å². The van der Waals surface area contributed by atoms with Crippen molar-refractivity contribution in [2.45, 2.75) is 38.1 Å². The van der Waals surface area contributed by atoms with Crippen molar-refractivity contribution in [1.29, 1.82) is 0 Å². The van der Waals surface area contributed by atoms with Gasteiger partial charge in [-0.15, -0.1) is 0 Å². The highest BCUT2D eigenvalue weighted by molar-refractivity contribution is 6.07. The molecule has 3 aliphatic heterocycles. The van der Waals surface area contributed by atoms with Crippen molar-refractivity contribution < 1.29 is 9.59 Å². The fourth-order valence-electron chi connectivity index (χ4n) is 4.43. The zero-order valence-corrected chi connectivity index (χ0v) is 15.5. The van der Waals surface area contributed by atoms with Crippen LogP contribution in [0.5, 0.6) is 0 Å². The number of fused-ring (bicyclic) bond motifs is 3. The molecule has 4 rings (SSSR count). The van der Waals surface area contributed by atoms with E-state index < -0.39 is 0 Å². The summed E-state index contributed by atoms with van der Waals surface area (Å²) in [6.07, 6.45) is 5.66. The van der Waals surface area contributed by atoms with Gasteiger partial charge in [0.05, 0.1) is 11.4 Å². The number of benzene rings is 1. The maximum absolute atomic E-state index is 12.7. The van der Waals surface area contributed by atoms with E-state index in [0.29, 0.717) is 12.1 Å². The van der Waals surface area contributed by atoms with E-state index in [-0.39, 0.29) is 17.9 Å². The van der Waals surface area contributed by atoms with E-state index >= 15 is 0 Å². The van der Waals surface area contributed by atoms with Crippen LogP contribution in [0.3, 0.4) is 0 Å². The van der Waals surface area contributed by atoms with Crippen molar-refractivity contribution >= 4 is 23.2 Å². The van der Waals surface area contributed by atoms with Crippen molar-refractivity contribution in [2.75, 3.05) is 49.6 Å². The number of nitrogens with zero attached hydrogens (tertiary/aromatic N) is 3. The zero-order chi connectivity index (χ0) is 18.1. The Labute approximate surface area is 155 Å². The summed E-state index contributed by atoms with van der Waals surface area (Å²) in [5.74, 6) is 0.0809. The van der Waals surface area contributed by atoms with Crippen LogP contribution in [-0.4, -0.2) is 62.5 Å². The molecule has 0 aliphatic carbocycles. The first-order valence-corrected chi connectivity index (χ1v) is 9.84. The number of likely N-dealkylation sites (tertiary alicyclic amines) is 1. The Kier molecular flexibility index (Phi) is 4.85. The average molecular weight is 356 g/mol. The standard InChI is InChI=1S/C20H28N4O2/c1-22-18-14-15(19(25)21-9-13-23-10-4-5-11-23)7-8-16(18)24-12-3-2-6-17(24)20(22)26/h7-8,14,17H,2-6,9-13H2,1H3,(H,21,25)/t17-/m0/s1. The van der Waals surface area contributed by atoms with Gasteiger partial charge in [0.25, 0.3) is 5.91 Å². The first kappa shape index (κ1) is 17.3. The first-order chi connectivity index (χ1) is 12.6. The summed E-state index contributed by atoms with van der Waals surface area (Å²) in [4.78, 5) is 31.6. The fourth-order valence-corrected chi connectivity index (χ4v) is 4.43. The topological polar surface area (TPSA) is 55.9 Å². The summed E-state index contributed by atoms with van der Waals surface area (Å²) in [6.45, 7) is 4.76. The highest BCUT2D eigenvalue weighted by atomic mass is 16.2. The maximum Gasteiger partial charge on any atom is 0.251 e. The number of rotatable bonds is 4. The van der Waals surface area contributed by atoms with E-state index in [0.717, 1.165) is 56.8 Å². The lowest BCUT2D eigenvalue weighted by Crippen LogP contribution is -2.54. The van der Waals surface area contributed by atoms with Gasteiger partial charge in [-0.25, -0.2) is 0 Å². The summed E-state index contributed by atoms with van der Waals surface area (Å²) in [7, 11) is 1.82. The monoisotopic (exact) mass is 356 g/mol. The van der Waals surface area contributed by atoms with Crippen LogP contribution in [0.25, 0.3) is 0 Å². The van der Waals surface area contributed by atoms with Gasteiger partial charge in [0, 0.05) is 32.2 Å². The lowest BCUT2D eigenvalue weighted by atomic mass is 9.96. The molecule has 1 aromatic carbocycles. The van der Waals surface area contributed by atoms with Gasteiger partial charge >= 0.3 is 0 Å². The minimum atomic E-state index is -0.0615. The number of hydrogen-bond acceptors (Lipinski definition) is 4. The SMILES string of the molecule is CN1C(=O)[C@@H]2CCCCN2c2ccc(C(=O)NCCN3CCCC3)cc21. The van der Waals surface area contributed by atoms with E-state index in [2.05, 4.69) is 15.1 Å². The number of nitrogens with one attached hydrogen (secondary N) is 1. The van der Waals surface area contributed by atoms with Gasteiger partial charge in [-0.3, -0.25) is 9.59 Å². The molecule has 140 valence electrons. The quantitative estimate of drug-likeness (QED) is 0.895. The molecule has 0 unspecified atom stereocenters. The first-order valence-electron chi connectivity index (χ1n) is 9.84. The number of carbonyl (C=O) groups is 2. The zero-order valence-electron chi connectivity index (χ0n) is 15.5. The molecule has 0 aromatic heterocycles. The third-order valence-electron chi connectivity index (χ3n) is 5.94. The normalized spacial score (nSPS) is 23.0. The van der Waals surface area contributed by atoms with Crippen LogP contribution >= 0.6 is 0 Å². The predicted molar refractivity (Wildman–Crippen MR) is 103 cm³/mol. The van der Waals surface area contributed by atoms with Crippen molar-refractivity contribution in [2.24, 2.45) is 0 Å². The van der Waals surface area contributed by atoms with Crippen molar-refractivity contribution in [3.05, 3.63) is 23.8 Å². The smallest absolute Gasteiger partial charge is 0.251 e. The van der Waals surface area contributed by atoms with Gasteiger partial charge in [0.1, 0.15) is 6.04 Å². The second kappa shape index (κ2) is 7.27. The third-order valence-corrected chi connectivity index (χ3v) is 5.94. The number of likely N-dealkylation sites (N-methyl/N-ethyl adjacent to an activating group) is 1. The van der Waals surface area contributed by atoms with Gasteiger partial charge in [0.15, 0.2) is 0 Å². The number of hydrogen-bond donors (Lipinski definition) is 1. The number of anilines is 2. The van der Waals surface area contributed by atoms with Crippen LogP contribution in [0.15, 0.2) is 18.2 Å². The molecule has 0 saturated carbocycles. The molecule has 0 radical (unpaired) electrons. The summed E-state index contributed by atoms with van der Waals surface area (Å²) in [5.41, 5.74) is 2.55. The largest absolute Gasteiger partial charge is 0.358 e. The molecule has 26 heavy (non-hydrogen) atoms. The van der Waals surface area contributed by atoms with Crippen LogP contribution in [-0.2, 0) is 4.79 Å². The third kappa shape index (κ3) is 3.18. The van der Waals surface area contributed by atoms with E-state index in [1.54, 1.807) is 4.90 Å². The van der Waals surface area contributed by atoms with E-state index in [4.69, 9.17) is 0 Å². The molecule has 6 nitrogen and oxygen atoms in total. The van der Waals surface area contributed by atoms with Gasteiger partial charge in [0.2, 0.25) is 5.91 Å². The molecule has 0 spiro atoms. The van der Waals surface area contributed by atoms with Crippen molar-refractivity contribution in [3.8, 4) is 0 Å². The maximum atomic E-state index is 12.7. The molecular weight excluding hydrogens is 328 g/mol. The predicted octanol–water partition coefficient (Wildman–Crippen LogP) is 1.85. The molecule has 2 fully saturated rings. The Morgan fingerprint density at radius 1 is 1.12 bits per heavy atom. The Bertz CT molecular complexity index is 699. The van der Waals surface area contributed by atoms with Gasteiger partial charge in [-0.05, 0) is 63.4 Å². The number of amides is 2. The average Bonchev–Trinajstić information content (AvgIpc) is 3.19. The van der Waals surface area contributed by atoms with E-state index in [1.807, 2.05) is 25.2 Å². The lowest BCUT2D eigenvalue weighted by molar-refractivity contribution is -0.120. The number of carbonyl (C=O) groups excluding carboxylic acids is 2. The van der Waals surface area contributed by atoms with Crippen LogP contribution in [0.4, 0.5) is 11.4 Å². The van der Waals surface area contributed by atoms with Gasteiger partial charge in [-0.1, -0.05) is 0 Å². The molecule has 2 amide bonds. The number of piperidine rings is 1. The minimum absolute atomic E-state index is 0.0404. The Morgan fingerprint density at radius 3 is 2.69 bits per heavy atom. The molecule has 1 N–H and O–H groups in total. The van der Waals surface area contributed by atoms with Gasteiger partial charge in [-0.2, -0.15) is 0 Å². The van der Waals surface area contributed by atoms with Crippen LogP contribution in [0.1, 0.15) is 42.5 Å². The highest BCUT2D eigenvalue weighted by Gasteiger charge is 2.37. The fraction of sp³-hybridized carbons (Fsp3) is 0.600. The van der Waals surface area contributed by atoms with Gasteiger partial charge < -0.3 is 20.0 Å². The summed E-state index contributed by atoms with van der Waals surface area (Å²) in [5, 5.41) is 3.02. The van der Waals surface area contributed by atoms with E-state index in [1.165, 1.54) is 12.8 Å². The summed E-state index contributed by atoms with van der Waals surface area (Å²) < 4.78 is 0. The Morgan fingerprint density at radius 2 is 1.88 bits per heavy atom. The minimum Gasteiger partial charge on any atom is -0.358 e. The molecule has 0 bridgehead atoms. The van der Waals surface area contributed by atoms with Crippen LogP contribution in [0.2, 0.25) is 0 Å². The summed E-state index contributed by atoms with van der Waals surface area (Å²) in [6, 6.07) is 5.72. The second-order valence-corrected chi connectivity index (χ2v) is 7.61. The van der Waals surface area contributed by atoms with Crippen molar-refractivity contribution in [1.82, 2.24) is 10.2 Å². The van der Waals surface area contributed by atoms with E-state index in [9.17, 15) is 9.59 Å². The Balaban J connectivity index is 1.47. The molecule has 3 heterocycles. The molecule has 1 aromatic rings. The highest BCUT2D eigenvalue weighted by Crippen LogP contribution is 2.39. The second-order valence-electron chi connectivity index (χ2n) is 7.61. The molecule has 3 aliphatic rings. The lowest BCUT2D eigenvalue weighted by Gasteiger charge is -2.44. The Hall–Kier alpha value is -2.08. The molecule has 2 saturated heterocycles. The molecule has 6 heteroatoms. The van der Waals surface area contributed by atoms with Crippen molar-refractivity contribution in [3.63, 3.8) is 0 Å². The molecule has 1 atom stereocenters. The molecular formula is C20H28N4O2. The van der Waals surface area contributed by atoms with Crippen LogP contribution in [0, 0.1) is 0 Å². The summed E-state index contributed by atoms with van der Waals surface area (Å²) >= 11 is 0.